The molecule has 2 aromatic carbocycles. The summed E-state index contributed by atoms with van der Waals surface area (Å²) in [5.41, 5.74) is 2.57. The van der Waals surface area contributed by atoms with Crippen LogP contribution in [0.3, 0.4) is 0 Å². The van der Waals surface area contributed by atoms with Gasteiger partial charge in [0.05, 0.1) is 11.9 Å². The molecule has 0 saturated carbocycles. The van der Waals surface area contributed by atoms with Gasteiger partial charge in [-0.1, -0.05) is 53.7 Å². The number of amides is 1. The summed E-state index contributed by atoms with van der Waals surface area (Å²) in [4.78, 5) is 14.9. The van der Waals surface area contributed by atoms with Crippen LogP contribution in [0.4, 0.5) is 0 Å². The van der Waals surface area contributed by atoms with Gasteiger partial charge >= 0.3 is 0 Å². The van der Waals surface area contributed by atoms with Gasteiger partial charge in [-0.3, -0.25) is 4.79 Å². The molecule has 1 atom stereocenters. The monoisotopic (exact) mass is 332 g/mol. The van der Waals surface area contributed by atoms with Crippen molar-refractivity contribution in [1.82, 2.24) is 19.9 Å². The summed E-state index contributed by atoms with van der Waals surface area (Å²) in [6.45, 7) is 0.786. The van der Waals surface area contributed by atoms with Crippen LogP contribution >= 0.6 is 0 Å². The van der Waals surface area contributed by atoms with E-state index >= 15 is 0 Å². The molecule has 0 spiro atoms. The lowest BCUT2D eigenvalue weighted by Gasteiger charge is -2.23. The van der Waals surface area contributed by atoms with E-state index < -0.39 is 0 Å². The number of aromatic nitrogens is 3. The van der Waals surface area contributed by atoms with Crippen LogP contribution in [0.2, 0.25) is 0 Å². The quantitative estimate of drug-likeness (QED) is 0.737. The van der Waals surface area contributed by atoms with Crippen molar-refractivity contribution >= 4 is 5.91 Å². The number of likely N-dealkylation sites (tertiary alicyclic amines) is 1. The van der Waals surface area contributed by atoms with Gasteiger partial charge in [0.15, 0.2) is 5.69 Å². The van der Waals surface area contributed by atoms with E-state index in [1.807, 2.05) is 53.4 Å². The van der Waals surface area contributed by atoms with Crippen molar-refractivity contribution in [2.24, 2.45) is 0 Å². The molecule has 1 unspecified atom stereocenters. The van der Waals surface area contributed by atoms with Gasteiger partial charge in [0, 0.05) is 12.6 Å². The highest BCUT2D eigenvalue weighted by Crippen LogP contribution is 2.23. The van der Waals surface area contributed by atoms with Crippen LogP contribution in [-0.4, -0.2) is 38.4 Å². The molecular weight excluding hydrogens is 312 g/mol. The number of hydrogen-bond acceptors (Lipinski definition) is 3. The Morgan fingerprint density at radius 2 is 1.76 bits per heavy atom. The second kappa shape index (κ2) is 6.89. The van der Waals surface area contributed by atoms with Crippen molar-refractivity contribution in [1.29, 1.82) is 0 Å². The van der Waals surface area contributed by atoms with Crippen molar-refractivity contribution < 1.29 is 4.79 Å². The summed E-state index contributed by atoms with van der Waals surface area (Å²) in [7, 11) is 0. The Bertz CT molecular complexity index is 844. The minimum Gasteiger partial charge on any atom is -0.334 e. The Hall–Kier alpha value is -2.95. The summed E-state index contributed by atoms with van der Waals surface area (Å²) in [6, 6.07) is 20.3. The molecule has 2 heterocycles. The Kier molecular flexibility index (Phi) is 4.29. The maximum atomic E-state index is 12.9. The van der Waals surface area contributed by atoms with Crippen LogP contribution in [0.5, 0.6) is 0 Å². The number of rotatable bonds is 4. The first-order chi connectivity index (χ1) is 12.3. The Morgan fingerprint density at radius 3 is 2.52 bits per heavy atom. The van der Waals surface area contributed by atoms with E-state index in [2.05, 4.69) is 22.4 Å². The Morgan fingerprint density at radius 1 is 1.04 bits per heavy atom. The lowest BCUT2D eigenvalue weighted by molar-refractivity contribution is 0.0730. The van der Waals surface area contributed by atoms with Crippen molar-refractivity contribution in [3.05, 3.63) is 78.1 Å². The first-order valence-electron chi connectivity index (χ1n) is 8.64. The Balaban J connectivity index is 1.51. The van der Waals surface area contributed by atoms with Crippen molar-refractivity contribution in [3.8, 4) is 5.69 Å². The zero-order valence-electron chi connectivity index (χ0n) is 14.0. The molecule has 1 aliphatic rings. The second-order valence-electron chi connectivity index (χ2n) is 6.37. The van der Waals surface area contributed by atoms with E-state index in [1.165, 1.54) is 5.56 Å². The molecule has 5 heteroatoms. The number of carbonyl (C=O) groups is 1. The minimum absolute atomic E-state index is 0.0272. The van der Waals surface area contributed by atoms with Gasteiger partial charge < -0.3 is 4.90 Å². The highest BCUT2D eigenvalue weighted by atomic mass is 16.2. The first kappa shape index (κ1) is 15.6. The van der Waals surface area contributed by atoms with Crippen molar-refractivity contribution in [2.45, 2.75) is 25.3 Å². The van der Waals surface area contributed by atoms with E-state index in [4.69, 9.17) is 0 Å². The number of benzene rings is 2. The third kappa shape index (κ3) is 3.31. The molecule has 0 N–H and O–H groups in total. The molecule has 4 rings (SSSR count). The van der Waals surface area contributed by atoms with E-state index in [0.29, 0.717) is 5.69 Å². The summed E-state index contributed by atoms with van der Waals surface area (Å²) in [5.74, 6) is -0.0272. The molecule has 126 valence electrons. The predicted octanol–water partition coefficient (Wildman–Crippen LogP) is 3.11. The summed E-state index contributed by atoms with van der Waals surface area (Å²) >= 11 is 0. The normalized spacial score (nSPS) is 17.0. The molecule has 0 radical (unpaired) electrons. The molecule has 3 aromatic rings. The molecule has 5 nitrogen and oxygen atoms in total. The molecule has 0 bridgehead atoms. The van der Waals surface area contributed by atoms with Crippen LogP contribution in [0.25, 0.3) is 5.69 Å². The number of para-hydroxylation sites is 1. The second-order valence-corrected chi connectivity index (χ2v) is 6.37. The summed E-state index contributed by atoms with van der Waals surface area (Å²) in [6.07, 6.45) is 4.68. The van der Waals surface area contributed by atoms with Crippen LogP contribution < -0.4 is 0 Å². The number of carbonyl (C=O) groups excluding carboxylic acids is 1. The predicted molar refractivity (Wildman–Crippen MR) is 95.6 cm³/mol. The topological polar surface area (TPSA) is 51.0 Å². The third-order valence-electron chi connectivity index (χ3n) is 4.69. The molecule has 1 aliphatic heterocycles. The van der Waals surface area contributed by atoms with E-state index in [-0.39, 0.29) is 11.9 Å². The van der Waals surface area contributed by atoms with Crippen LogP contribution in [0, 0.1) is 0 Å². The van der Waals surface area contributed by atoms with Crippen molar-refractivity contribution in [3.63, 3.8) is 0 Å². The zero-order chi connectivity index (χ0) is 17.1. The Labute approximate surface area is 146 Å². The average Bonchev–Trinajstić information content (AvgIpc) is 3.32. The lowest BCUT2D eigenvalue weighted by atomic mass is 10.0. The fourth-order valence-corrected chi connectivity index (χ4v) is 3.42. The van der Waals surface area contributed by atoms with E-state index in [9.17, 15) is 4.79 Å². The molecule has 0 aliphatic carbocycles. The van der Waals surface area contributed by atoms with Crippen LogP contribution in [-0.2, 0) is 6.42 Å². The molecule has 25 heavy (non-hydrogen) atoms. The molecule has 1 aromatic heterocycles. The van der Waals surface area contributed by atoms with Crippen LogP contribution in [0.1, 0.15) is 28.9 Å². The lowest BCUT2D eigenvalue weighted by Crippen LogP contribution is -2.37. The summed E-state index contributed by atoms with van der Waals surface area (Å²) < 4.78 is 1.65. The van der Waals surface area contributed by atoms with Crippen molar-refractivity contribution in [2.75, 3.05) is 6.54 Å². The SMILES string of the molecule is O=C(c1cn(-c2ccccc2)nn1)N1CCCC1Cc1ccccc1. The highest BCUT2D eigenvalue weighted by molar-refractivity contribution is 5.92. The molecule has 1 saturated heterocycles. The van der Waals surface area contributed by atoms with E-state index in [1.54, 1.807) is 10.9 Å². The van der Waals surface area contributed by atoms with E-state index in [0.717, 1.165) is 31.5 Å². The van der Waals surface area contributed by atoms with Gasteiger partial charge in [-0.05, 0) is 37.0 Å². The van der Waals surface area contributed by atoms with Gasteiger partial charge in [0.25, 0.3) is 5.91 Å². The average molecular weight is 332 g/mol. The largest absolute Gasteiger partial charge is 0.334 e. The maximum absolute atomic E-state index is 12.9. The molecule has 1 amide bonds. The van der Waals surface area contributed by atoms with Crippen LogP contribution in [0.15, 0.2) is 66.9 Å². The van der Waals surface area contributed by atoms with Gasteiger partial charge in [-0.25, -0.2) is 4.68 Å². The highest BCUT2D eigenvalue weighted by Gasteiger charge is 2.30. The minimum atomic E-state index is -0.0272. The summed E-state index contributed by atoms with van der Waals surface area (Å²) in [5, 5.41) is 8.21. The number of hydrogen-bond donors (Lipinski definition) is 0. The fourth-order valence-electron chi connectivity index (χ4n) is 3.42. The van der Waals surface area contributed by atoms with Gasteiger partial charge in [0.1, 0.15) is 0 Å². The standard InChI is InChI=1S/C20H20N4O/c25-20(19-15-24(22-21-19)17-10-5-2-6-11-17)23-13-7-12-18(23)14-16-8-3-1-4-9-16/h1-6,8-11,15,18H,7,12-14H2. The molecule has 1 fully saturated rings. The third-order valence-corrected chi connectivity index (χ3v) is 4.69. The fraction of sp³-hybridized carbons (Fsp3) is 0.250. The maximum Gasteiger partial charge on any atom is 0.276 e. The van der Waals surface area contributed by atoms with Gasteiger partial charge in [-0.2, -0.15) is 0 Å². The number of nitrogens with zero attached hydrogens (tertiary/aromatic N) is 4. The first-order valence-corrected chi connectivity index (χ1v) is 8.64. The zero-order valence-corrected chi connectivity index (χ0v) is 14.0. The van der Waals surface area contributed by atoms with Gasteiger partial charge in [0.2, 0.25) is 0 Å². The van der Waals surface area contributed by atoms with Gasteiger partial charge in [-0.15, -0.1) is 5.10 Å². The smallest absolute Gasteiger partial charge is 0.276 e. The molecular formula is C20H20N4O.